The van der Waals surface area contributed by atoms with Gasteiger partial charge in [-0.3, -0.25) is 0 Å². The monoisotopic (exact) mass is 354 g/mol. The van der Waals surface area contributed by atoms with E-state index in [-0.39, 0.29) is 0 Å². The fraction of sp³-hybridized carbons (Fsp3) is 0.250. The van der Waals surface area contributed by atoms with E-state index in [2.05, 4.69) is 38.7 Å². The molecule has 0 aliphatic rings. The van der Waals surface area contributed by atoms with Crippen molar-refractivity contribution in [1.82, 2.24) is 0 Å². The molecule has 0 N–H and O–H groups in total. The largest absolute Gasteiger partial charge is 0.428 e. The van der Waals surface area contributed by atoms with Crippen molar-refractivity contribution in [2.24, 2.45) is 0 Å². The Morgan fingerprint density at radius 1 is 0.727 bits per heavy atom. The molecule has 0 bridgehead atoms. The van der Waals surface area contributed by atoms with Gasteiger partial charge >= 0.3 is 0 Å². The summed E-state index contributed by atoms with van der Waals surface area (Å²) >= 11 is 12.0. The lowest BCUT2D eigenvalue weighted by Gasteiger charge is -2.20. The van der Waals surface area contributed by atoms with E-state index in [1.807, 2.05) is 45.9 Å². The van der Waals surface area contributed by atoms with E-state index in [1.54, 1.807) is 0 Å². The van der Waals surface area contributed by atoms with E-state index < -0.39 is 0 Å². The maximum Gasteiger partial charge on any atom is 0.148 e. The number of hydrogen-bond acceptors (Lipinski definition) is 6. The molecular weight excluding hydrogens is 336 g/mol. The quantitative estimate of drug-likeness (QED) is 0.517. The summed E-state index contributed by atoms with van der Waals surface area (Å²) in [5, 5.41) is 0. The van der Waals surface area contributed by atoms with E-state index in [0.717, 1.165) is 33.4 Å². The van der Waals surface area contributed by atoms with Gasteiger partial charge in [0.05, 0.1) is 0 Å². The molecule has 0 heterocycles. The first kappa shape index (κ1) is 17.2. The van der Waals surface area contributed by atoms with Crippen molar-refractivity contribution < 1.29 is 12.5 Å². The first-order valence-electron chi connectivity index (χ1n) is 6.65. The fourth-order valence-corrected chi connectivity index (χ4v) is 3.23. The predicted molar refractivity (Wildman–Crippen MR) is 99.7 cm³/mol. The summed E-state index contributed by atoms with van der Waals surface area (Å²) in [5.41, 5.74) is 5.58. The van der Waals surface area contributed by atoms with Gasteiger partial charge < -0.3 is 12.5 Å². The molecule has 0 spiro atoms. The zero-order valence-corrected chi connectivity index (χ0v) is 15.5. The van der Waals surface area contributed by atoms with Crippen molar-refractivity contribution in [3.8, 4) is 28.4 Å². The zero-order valence-electron chi connectivity index (χ0n) is 12.8. The van der Waals surface area contributed by atoms with Crippen LogP contribution in [0.3, 0.4) is 0 Å². The van der Waals surface area contributed by atoms with E-state index in [0.29, 0.717) is 17.2 Å². The Hall–Kier alpha value is -1.11. The van der Waals surface area contributed by atoms with Crippen LogP contribution in [-0.2, 0) is 0 Å². The third-order valence-corrected chi connectivity index (χ3v) is 4.44. The lowest BCUT2D eigenvalue weighted by Crippen LogP contribution is -1.99. The van der Waals surface area contributed by atoms with Crippen LogP contribution in [0.1, 0.15) is 22.3 Å². The number of benzene rings is 2. The second-order valence-corrected chi connectivity index (χ2v) is 5.73. The smallest absolute Gasteiger partial charge is 0.148 e. The first-order valence-corrected chi connectivity index (χ1v) is 7.74. The van der Waals surface area contributed by atoms with Crippen molar-refractivity contribution in [2.75, 3.05) is 0 Å². The molecule has 22 heavy (non-hydrogen) atoms. The van der Waals surface area contributed by atoms with Crippen LogP contribution in [0, 0.1) is 27.7 Å². The maximum absolute atomic E-state index is 5.35. The highest BCUT2D eigenvalue weighted by molar-refractivity contribution is 7.75. The van der Waals surface area contributed by atoms with Gasteiger partial charge in [-0.25, -0.2) is 0 Å². The van der Waals surface area contributed by atoms with Gasteiger partial charge in [-0.1, -0.05) is 12.1 Å². The Morgan fingerprint density at radius 2 is 1.32 bits per heavy atom. The first-order chi connectivity index (χ1) is 10.5. The van der Waals surface area contributed by atoms with Crippen molar-refractivity contribution in [2.45, 2.75) is 27.7 Å². The van der Waals surface area contributed by atoms with E-state index in [4.69, 9.17) is 12.5 Å². The maximum atomic E-state index is 5.35. The lowest BCUT2D eigenvalue weighted by atomic mass is 9.92. The zero-order chi connectivity index (χ0) is 16.4. The Balaban J connectivity index is 2.88. The second-order valence-electron chi connectivity index (χ2n) is 5.18. The van der Waals surface area contributed by atoms with Gasteiger partial charge in [0.2, 0.25) is 0 Å². The summed E-state index contributed by atoms with van der Waals surface area (Å²) in [7, 11) is 0. The Bertz CT molecular complexity index is 715. The molecule has 118 valence electrons. The average molecular weight is 355 g/mol. The Morgan fingerprint density at radius 3 is 1.86 bits per heavy atom. The number of rotatable bonds is 4. The van der Waals surface area contributed by atoms with Gasteiger partial charge in [0.25, 0.3) is 0 Å². The molecule has 2 aromatic rings. The molecule has 6 heteroatoms. The minimum atomic E-state index is 0.645. The second kappa shape index (κ2) is 6.98. The number of thiol groups is 3. The SMILES string of the molecule is Cc1ccc(-c2c(C)c(OS)c(C)c(C)c2OS)c(OS)c1. The Kier molecular flexibility index (Phi) is 5.47. The minimum Gasteiger partial charge on any atom is -0.428 e. The van der Waals surface area contributed by atoms with Gasteiger partial charge in [0, 0.05) is 55.4 Å². The number of hydrogen-bond donors (Lipinski definition) is 3. The van der Waals surface area contributed by atoms with Gasteiger partial charge in [0.15, 0.2) is 0 Å². The van der Waals surface area contributed by atoms with Crippen molar-refractivity contribution in [1.29, 1.82) is 0 Å². The van der Waals surface area contributed by atoms with Crippen LogP contribution in [0.2, 0.25) is 0 Å². The predicted octanol–water partition coefficient (Wildman–Crippen LogP) is 5.26. The van der Waals surface area contributed by atoms with Gasteiger partial charge in [0.1, 0.15) is 17.2 Å². The molecule has 0 saturated carbocycles. The summed E-state index contributed by atoms with van der Waals surface area (Å²) in [6.45, 7) is 7.85. The summed E-state index contributed by atoms with van der Waals surface area (Å²) in [6, 6.07) is 5.89. The summed E-state index contributed by atoms with van der Waals surface area (Å²) in [4.78, 5) is 0. The molecule has 0 unspecified atom stereocenters. The molecule has 0 atom stereocenters. The van der Waals surface area contributed by atoms with E-state index >= 15 is 0 Å². The molecule has 0 amide bonds. The lowest BCUT2D eigenvalue weighted by molar-refractivity contribution is 0.622. The number of aryl methyl sites for hydroxylation is 1. The van der Waals surface area contributed by atoms with E-state index in [9.17, 15) is 0 Å². The third-order valence-electron chi connectivity index (χ3n) is 3.87. The average Bonchev–Trinajstić information content (AvgIpc) is 2.51. The summed E-state index contributed by atoms with van der Waals surface area (Å²) in [6.07, 6.45) is 0. The van der Waals surface area contributed by atoms with Crippen molar-refractivity contribution >= 4 is 38.7 Å². The standard InChI is InChI=1S/C16H18O3S3/c1-8-5-6-12(13(7-8)17-20)14-11(4)15(18-21)9(2)10(3)16(14)19-22/h5-7,20-22H,1-4H3. The van der Waals surface area contributed by atoms with Crippen LogP contribution in [0.4, 0.5) is 0 Å². The van der Waals surface area contributed by atoms with Crippen molar-refractivity contribution in [3.05, 3.63) is 40.5 Å². The minimum absolute atomic E-state index is 0.645. The molecule has 2 aromatic carbocycles. The highest BCUT2D eigenvalue weighted by Gasteiger charge is 2.23. The highest BCUT2D eigenvalue weighted by atomic mass is 32.1. The van der Waals surface area contributed by atoms with Crippen LogP contribution in [0.25, 0.3) is 11.1 Å². The van der Waals surface area contributed by atoms with Crippen LogP contribution in [0.15, 0.2) is 18.2 Å². The van der Waals surface area contributed by atoms with Crippen LogP contribution in [0.5, 0.6) is 17.2 Å². The summed E-state index contributed by atoms with van der Waals surface area (Å²) in [5.74, 6) is 2.02. The van der Waals surface area contributed by atoms with Gasteiger partial charge in [-0.2, -0.15) is 0 Å². The highest BCUT2D eigenvalue weighted by Crippen LogP contribution is 2.47. The fourth-order valence-electron chi connectivity index (χ4n) is 2.58. The molecule has 3 nitrogen and oxygen atoms in total. The molecule has 0 fully saturated rings. The van der Waals surface area contributed by atoms with Crippen LogP contribution in [-0.4, -0.2) is 0 Å². The molecule has 0 radical (unpaired) electrons. The molecule has 0 aromatic heterocycles. The Labute approximate surface area is 147 Å². The molecule has 0 saturated heterocycles. The molecule has 0 aliphatic heterocycles. The normalized spacial score (nSPS) is 10.5. The van der Waals surface area contributed by atoms with E-state index in [1.165, 1.54) is 0 Å². The third kappa shape index (κ3) is 2.87. The summed E-state index contributed by atoms with van der Waals surface area (Å²) < 4.78 is 15.9. The van der Waals surface area contributed by atoms with Crippen molar-refractivity contribution in [3.63, 3.8) is 0 Å². The molecule has 2 rings (SSSR count). The van der Waals surface area contributed by atoms with Crippen LogP contribution < -0.4 is 12.5 Å². The molecule has 0 aliphatic carbocycles. The topological polar surface area (TPSA) is 27.7 Å². The molecular formula is C16H18O3S3. The van der Waals surface area contributed by atoms with Crippen LogP contribution >= 0.6 is 38.7 Å². The van der Waals surface area contributed by atoms with Gasteiger partial charge in [-0.05, 0) is 50.5 Å². The van der Waals surface area contributed by atoms with Gasteiger partial charge in [-0.15, -0.1) is 0 Å².